The number of nitrogens with zero attached hydrogens (tertiary/aromatic N) is 4. The fourth-order valence-corrected chi connectivity index (χ4v) is 5.15. The molecule has 2 aliphatic heterocycles. The summed E-state index contributed by atoms with van der Waals surface area (Å²) in [5.74, 6) is -1.84. The van der Waals surface area contributed by atoms with Crippen molar-refractivity contribution in [2.75, 3.05) is 39.8 Å². The lowest BCUT2D eigenvalue weighted by molar-refractivity contribution is -0.402. The van der Waals surface area contributed by atoms with Crippen LogP contribution in [0.15, 0.2) is 27.8 Å². The van der Waals surface area contributed by atoms with Crippen LogP contribution < -0.4 is 0 Å². The molecule has 0 spiro atoms. The molecule has 0 bridgehead atoms. The van der Waals surface area contributed by atoms with E-state index in [-0.39, 0.29) is 35.8 Å². The Balaban J connectivity index is 1.57. The van der Waals surface area contributed by atoms with Gasteiger partial charge in [-0.05, 0) is 25.8 Å². The van der Waals surface area contributed by atoms with Crippen LogP contribution in [0.4, 0.5) is 5.88 Å². The minimum absolute atomic E-state index is 0.0442. The van der Waals surface area contributed by atoms with Crippen LogP contribution in [0.3, 0.4) is 0 Å². The van der Waals surface area contributed by atoms with Gasteiger partial charge in [0.05, 0.1) is 12.7 Å². The number of ether oxygens (including phenoxy) is 1. The first-order valence-corrected chi connectivity index (χ1v) is 11.3. The quantitative estimate of drug-likeness (QED) is 0.282. The summed E-state index contributed by atoms with van der Waals surface area (Å²) in [4.78, 5) is 54.2. The third kappa shape index (κ3) is 4.19. The van der Waals surface area contributed by atoms with Gasteiger partial charge in [0, 0.05) is 50.9 Å². The molecule has 33 heavy (non-hydrogen) atoms. The van der Waals surface area contributed by atoms with Crippen LogP contribution in [0, 0.1) is 16.0 Å². The van der Waals surface area contributed by atoms with Crippen LogP contribution in [-0.4, -0.2) is 83.3 Å². The topological polar surface area (TPSA) is 126 Å². The molecule has 11 heteroatoms. The fourth-order valence-electron chi connectivity index (χ4n) is 5.15. The van der Waals surface area contributed by atoms with Gasteiger partial charge in [-0.1, -0.05) is 12.8 Å². The maximum atomic E-state index is 13.2. The average Bonchev–Trinajstić information content (AvgIpc) is 3.32. The molecule has 0 N–H and O–H groups in total. The lowest BCUT2D eigenvalue weighted by atomic mass is 9.76. The Morgan fingerprint density at radius 3 is 2.52 bits per heavy atom. The van der Waals surface area contributed by atoms with E-state index < -0.39 is 22.7 Å². The lowest BCUT2D eigenvalue weighted by Crippen LogP contribution is -2.56. The monoisotopic (exact) mass is 460 g/mol. The van der Waals surface area contributed by atoms with Gasteiger partial charge in [-0.3, -0.25) is 19.7 Å². The Kier molecular flexibility index (Phi) is 6.39. The molecular formula is C22H28N4O7. The number of carbonyl (C=O) groups excluding carboxylic acids is 3. The number of rotatable bonds is 5. The average molecular weight is 460 g/mol. The van der Waals surface area contributed by atoms with Gasteiger partial charge in [0.2, 0.25) is 0 Å². The van der Waals surface area contributed by atoms with E-state index in [0.29, 0.717) is 26.2 Å². The molecular weight excluding hydrogens is 432 g/mol. The van der Waals surface area contributed by atoms with Gasteiger partial charge in [0.1, 0.15) is 10.5 Å². The van der Waals surface area contributed by atoms with Gasteiger partial charge in [0.15, 0.2) is 5.76 Å². The normalized spacial score (nSPS) is 23.5. The second-order valence-electron chi connectivity index (χ2n) is 8.53. The molecule has 178 valence electrons. The number of furan rings is 1. The van der Waals surface area contributed by atoms with E-state index in [1.165, 1.54) is 6.07 Å². The standard InChI is InChI=1S/C22H28N4O7/c1-3-32-22(29)18-19(14-6-4-5-7-15(14)23(2)21(18)28)24-10-12-25(13-11-24)20(27)16-8-9-17(33-16)26(30)31/h8-9,14-15H,3-7,10-13H2,1-2H3. The lowest BCUT2D eigenvalue weighted by Gasteiger charge is -2.48. The summed E-state index contributed by atoms with van der Waals surface area (Å²) in [7, 11) is 1.75. The highest BCUT2D eigenvalue weighted by Gasteiger charge is 2.46. The van der Waals surface area contributed by atoms with Crippen LogP contribution in [0.1, 0.15) is 43.2 Å². The molecule has 3 heterocycles. The summed E-state index contributed by atoms with van der Waals surface area (Å²) in [6.07, 6.45) is 3.84. The fraction of sp³-hybridized carbons (Fsp3) is 0.591. The molecule has 0 radical (unpaired) electrons. The van der Waals surface area contributed by atoms with E-state index in [0.717, 1.165) is 37.4 Å². The molecule has 1 saturated carbocycles. The second-order valence-corrected chi connectivity index (χ2v) is 8.53. The Hall–Kier alpha value is -3.37. The molecule has 2 unspecified atom stereocenters. The van der Waals surface area contributed by atoms with Crippen molar-refractivity contribution in [2.45, 2.75) is 38.6 Å². The van der Waals surface area contributed by atoms with Gasteiger partial charge < -0.3 is 23.9 Å². The molecule has 4 rings (SSSR count). The highest BCUT2D eigenvalue weighted by molar-refractivity contribution is 6.17. The number of fused-ring (bicyclic) bond motifs is 1. The molecule has 1 aromatic rings. The summed E-state index contributed by atoms with van der Waals surface area (Å²) in [6, 6.07) is 2.51. The molecule has 1 aromatic heterocycles. The Bertz CT molecular complexity index is 993. The van der Waals surface area contributed by atoms with Crippen molar-refractivity contribution < 1.29 is 28.5 Å². The Labute approximate surface area is 191 Å². The van der Waals surface area contributed by atoms with Gasteiger partial charge >= 0.3 is 11.9 Å². The summed E-state index contributed by atoms with van der Waals surface area (Å²) in [5, 5.41) is 10.8. The third-order valence-electron chi connectivity index (χ3n) is 6.74. The Morgan fingerprint density at radius 1 is 1.18 bits per heavy atom. The highest BCUT2D eigenvalue weighted by atomic mass is 16.6. The zero-order valence-corrected chi connectivity index (χ0v) is 18.8. The van der Waals surface area contributed by atoms with Crippen molar-refractivity contribution in [3.8, 4) is 0 Å². The number of amides is 2. The van der Waals surface area contributed by atoms with E-state index in [2.05, 4.69) is 0 Å². The molecule has 2 atom stereocenters. The van der Waals surface area contributed by atoms with Gasteiger partial charge in [0.25, 0.3) is 11.8 Å². The van der Waals surface area contributed by atoms with Crippen molar-refractivity contribution >= 4 is 23.7 Å². The highest BCUT2D eigenvalue weighted by Crippen LogP contribution is 2.41. The van der Waals surface area contributed by atoms with Gasteiger partial charge in [-0.25, -0.2) is 4.79 Å². The van der Waals surface area contributed by atoms with Crippen LogP contribution in [-0.2, 0) is 14.3 Å². The molecule has 3 aliphatic rings. The van der Waals surface area contributed by atoms with E-state index in [1.807, 2.05) is 4.90 Å². The van der Waals surface area contributed by atoms with E-state index >= 15 is 0 Å². The summed E-state index contributed by atoms with van der Waals surface area (Å²) in [5.41, 5.74) is 0.839. The number of hydrogen-bond donors (Lipinski definition) is 0. The number of likely N-dealkylation sites (N-methyl/N-ethyl adjacent to an activating group) is 1. The van der Waals surface area contributed by atoms with Gasteiger partial charge in [-0.15, -0.1) is 0 Å². The SMILES string of the molecule is CCOC(=O)C1=C(N2CCN(C(=O)c3ccc([N+](=O)[O-])o3)CC2)C2CCCCC2N(C)C1=O. The van der Waals surface area contributed by atoms with E-state index in [1.54, 1.807) is 23.8 Å². The first-order chi connectivity index (χ1) is 15.8. The van der Waals surface area contributed by atoms with Crippen LogP contribution in [0.2, 0.25) is 0 Å². The van der Waals surface area contributed by atoms with Crippen molar-refractivity contribution in [3.63, 3.8) is 0 Å². The maximum absolute atomic E-state index is 13.2. The van der Waals surface area contributed by atoms with Gasteiger partial charge in [-0.2, -0.15) is 0 Å². The maximum Gasteiger partial charge on any atom is 0.433 e. The summed E-state index contributed by atoms with van der Waals surface area (Å²) < 4.78 is 10.3. The van der Waals surface area contributed by atoms with Crippen molar-refractivity contribution in [1.82, 2.24) is 14.7 Å². The molecule has 1 aliphatic carbocycles. The Morgan fingerprint density at radius 2 is 1.88 bits per heavy atom. The molecule has 0 aromatic carbocycles. The van der Waals surface area contributed by atoms with E-state index in [9.17, 15) is 24.5 Å². The smallest absolute Gasteiger partial charge is 0.433 e. The zero-order valence-electron chi connectivity index (χ0n) is 18.8. The zero-order chi connectivity index (χ0) is 23.7. The summed E-state index contributed by atoms with van der Waals surface area (Å²) in [6.45, 7) is 3.45. The molecule has 2 fully saturated rings. The van der Waals surface area contributed by atoms with Crippen molar-refractivity contribution in [1.29, 1.82) is 0 Å². The number of hydrogen-bond acceptors (Lipinski definition) is 8. The number of esters is 1. The first-order valence-electron chi connectivity index (χ1n) is 11.3. The first kappa shape index (κ1) is 22.8. The van der Waals surface area contributed by atoms with Crippen LogP contribution in [0.5, 0.6) is 0 Å². The van der Waals surface area contributed by atoms with Crippen LogP contribution >= 0.6 is 0 Å². The second kappa shape index (κ2) is 9.24. The van der Waals surface area contributed by atoms with Crippen LogP contribution in [0.25, 0.3) is 0 Å². The molecule has 2 amide bonds. The number of piperazine rings is 1. The van der Waals surface area contributed by atoms with E-state index in [4.69, 9.17) is 9.15 Å². The largest absolute Gasteiger partial charge is 0.462 e. The number of carbonyl (C=O) groups is 3. The third-order valence-corrected chi connectivity index (χ3v) is 6.74. The predicted molar refractivity (Wildman–Crippen MR) is 115 cm³/mol. The summed E-state index contributed by atoms with van der Waals surface area (Å²) >= 11 is 0. The predicted octanol–water partition coefficient (Wildman–Crippen LogP) is 1.79. The minimum Gasteiger partial charge on any atom is -0.462 e. The van der Waals surface area contributed by atoms with Crippen molar-refractivity contribution in [3.05, 3.63) is 39.3 Å². The molecule has 1 saturated heterocycles. The molecule has 11 nitrogen and oxygen atoms in total. The minimum atomic E-state index is -0.685. The van der Waals surface area contributed by atoms with Crippen molar-refractivity contribution in [2.24, 2.45) is 5.92 Å². The number of nitro groups is 1.